The maximum absolute atomic E-state index is 13.3. The predicted octanol–water partition coefficient (Wildman–Crippen LogP) is 5.34. The largest absolute Gasteiger partial charge is 0.298 e. The van der Waals surface area contributed by atoms with Gasteiger partial charge in [0.1, 0.15) is 5.78 Å². The van der Waals surface area contributed by atoms with Gasteiger partial charge in [-0.2, -0.15) is 0 Å². The van der Waals surface area contributed by atoms with Gasteiger partial charge in [-0.25, -0.2) is 0 Å². The molecular formula is C18H26OS. The van der Waals surface area contributed by atoms with Crippen LogP contribution < -0.4 is 0 Å². The summed E-state index contributed by atoms with van der Waals surface area (Å²) in [5, 5.41) is 2.18. The van der Waals surface area contributed by atoms with E-state index in [1.165, 1.54) is 36.1 Å². The highest BCUT2D eigenvalue weighted by Gasteiger charge is 2.45. The van der Waals surface area contributed by atoms with Gasteiger partial charge < -0.3 is 0 Å². The van der Waals surface area contributed by atoms with Crippen molar-refractivity contribution in [1.82, 2.24) is 0 Å². The first-order valence-corrected chi connectivity index (χ1v) is 9.11. The fourth-order valence-corrected chi connectivity index (χ4v) is 5.50. The molecular weight excluding hydrogens is 264 g/mol. The fourth-order valence-electron chi connectivity index (χ4n) is 4.51. The van der Waals surface area contributed by atoms with Gasteiger partial charge in [0.05, 0.1) is 0 Å². The number of fused-ring (bicyclic) bond motifs is 1. The number of ketones is 1. The Bertz CT molecular complexity index is 479. The Morgan fingerprint density at radius 2 is 2.10 bits per heavy atom. The molecule has 1 aromatic rings. The van der Waals surface area contributed by atoms with E-state index in [1.54, 1.807) is 0 Å². The molecule has 1 unspecified atom stereocenters. The number of Topliss-reactive ketones (excluding diaryl/α,β-unsaturated/α-hetero) is 1. The summed E-state index contributed by atoms with van der Waals surface area (Å²) in [6, 6.07) is 2.22. The maximum atomic E-state index is 13.3. The zero-order chi connectivity index (χ0) is 14.2. The van der Waals surface area contributed by atoms with E-state index in [0.717, 1.165) is 25.7 Å². The lowest BCUT2D eigenvalue weighted by molar-refractivity contribution is -0.131. The van der Waals surface area contributed by atoms with E-state index in [2.05, 4.69) is 25.3 Å². The van der Waals surface area contributed by atoms with Crippen LogP contribution >= 0.6 is 11.3 Å². The van der Waals surface area contributed by atoms with E-state index in [9.17, 15) is 4.79 Å². The lowest BCUT2D eigenvalue weighted by Crippen LogP contribution is -2.35. The Labute approximate surface area is 126 Å². The summed E-state index contributed by atoms with van der Waals surface area (Å²) in [6.07, 6.45) is 9.35. The van der Waals surface area contributed by atoms with E-state index in [1.807, 2.05) is 11.3 Å². The van der Waals surface area contributed by atoms with Gasteiger partial charge in [0, 0.05) is 16.2 Å². The van der Waals surface area contributed by atoms with Crippen molar-refractivity contribution in [3.05, 3.63) is 21.9 Å². The van der Waals surface area contributed by atoms with Crippen molar-refractivity contribution in [2.24, 2.45) is 11.3 Å². The molecule has 0 radical (unpaired) electrons. The minimum Gasteiger partial charge on any atom is -0.298 e. The van der Waals surface area contributed by atoms with Crippen molar-refractivity contribution in [2.45, 2.75) is 71.1 Å². The number of rotatable bonds is 4. The molecule has 2 aliphatic rings. The van der Waals surface area contributed by atoms with Crippen LogP contribution in [0, 0.1) is 11.3 Å². The molecule has 2 heteroatoms. The third kappa shape index (κ3) is 2.47. The van der Waals surface area contributed by atoms with Gasteiger partial charge in [0.25, 0.3) is 0 Å². The smallest absolute Gasteiger partial charge is 0.146 e. The summed E-state index contributed by atoms with van der Waals surface area (Å²) in [6.45, 7) is 4.54. The van der Waals surface area contributed by atoms with Gasteiger partial charge >= 0.3 is 0 Å². The predicted molar refractivity (Wildman–Crippen MR) is 85.4 cm³/mol. The number of aryl methyl sites for hydroxylation is 1. The van der Waals surface area contributed by atoms with Crippen molar-refractivity contribution in [3.8, 4) is 0 Å². The molecule has 0 aromatic carbocycles. The maximum Gasteiger partial charge on any atom is 0.146 e. The minimum atomic E-state index is 0.00931. The van der Waals surface area contributed by atoms with E-state index in [4.69, 9.17) is 0 Å². The molecule has 1 nitrogen and oxygen atoms in total. The Hall–Kier alpha value is -0.630. The summed E-state index contributed by atoms with van der Waals surface area (Å²) >= 11 is 1.85. The molecule has 110 valence electrons. The van der Waals surface area contributed by atoms with Crippen LogP contribution in [-0.4, -0.2) is 5.78 Å². The Balaban J connectivity index is 1.88. The SMILES string of the molecule is CC(C)CC1(C(=O)C2CCCc3sccc32)CCCC1. The molecule has 0 amide bonds. The monoisotopic (exact) mass is 290 g/mol. The highest BCUT2D eigenvalue weighted by atomic mass is 32.1. The first-order chi connectivity index (χ1) is 9.62. The quantitative estimate of drug-likeness (QED) is 0.731. The first kappa shape index (κ1) is 14.3. The third-order valence-electron chi connectivity index (χ3n) is 5.25. The normalized spacial score (nSPS) is 24.9. The summed E-state index contributed by atoms with van der Waals surface area (Å²) in [4.78, 5) is 14.8. The zero-order valence-electron chi connectivity index (χ0n) is 12.8. The molecule has 0 saturated heterocycles. The average molecular weight is 290 g/mol. The van der Waals surface area contributed by atoms with Gasteiger partial charge in [0.15, 0.2) is 0 Å². The number of carbonyl (C=O) groups excluding carboxylic acids is 1. The first-order valence-electron chi connectivity index (χ1n) is 8.23. The molecule has 1 atom stereocenters. The number of hydrogen-bond acceptors (Lipinski definition) is 2. The molecule has 0 bridgehead atoms. The second-order valence-corrected chi connectivity index (χ2v) is 8.19. The van der Waals surface area contributed by atoms with Crippen molar-refractivity contribution in [2.75, 3.05) is 0 Å². The molecule has 0 aliphatic heterocycles. The zero-order valence-corrected chi connectivity index (χ0v) is 13.6. The lowest BCUT2D eigenvalue weighted by Gasteiger charge is -2.34. The highest BCUT2D eigenvalue weighted by molar-refractivity contribution is 7.10. The van der Waals surface area contributed by atoms with E-state index < -0.39 is 0 Å². The van der Waals surface area contributed by atoms with Crippen LogP contribution in [0.5, 0.6) is 0 Å². The Morgan fingerprint density at radius 1 is 1.35 bits per heavy atom. The van der Waals surface area contributed by atoms with Crippen LogP contribution in [0.2, 0.25) is 0 Å². The van der Waals surface area contributed by atoms with Crippen LogP contribution in [0.25, 0.3) is 0 Å². The second-order valence-electron chi connectivity index (χ2n) is 7.19. The topological polar surface area (TPSA) is 17.1 Å². The van der Waals surface area contributed by atoms with Crippen molar-refractivity contribution in [1.29, 1.82) is 0 Å². The van der Waals surface area contributed by atoms with E-state index in [0.29, 0.717) is 11.7 Å². The molecule has 1 fully saturated rings. The molecule has 0 spiro atoms. The lowest BCUT2D eigenvalue weighted by atomic mass is 9.68. The Morgan fingerprint density at radius 3 is 2.80 bits per heavy atom. The molecule has 3 rings (SSSR count). The van der Waals surface area contributed by atoms with Crippen LogP contribution in [0.4, 0.5) is 0 Å². The summed E-state index contributed by atoms with van der Waals surface area (Å²) < 4.78 is 0. The summed E-state index contributed by atoms with van der Waals surface area (Å²) in [7, 11) is 0. The number of thiophene rings is 1. The fraction of sp³-hybridized carbons (Fsp3) is 0.722. The van der Waals surface area contributed by atoms with E-state index in [-0.39, 0.29) is 11.3 Å². The third-order valence-corrected chi connectivity index (χ3v) is 6.25. The van der Waals surface area contributed by atoms with Crippen LogP contribution in [0.15, 0.2) is 11.4 Å². The van der Waals surface area contributed by atoms with Gasteiger partial charge in [-0.05, 0) is 61.5 Å². The molecule has 1 heterocycles. The average Bonchev–Trinajstić information content (AvgIpc) is 3.05. The molecule has 2 aliphatic carbocycles. The van der Waals surface area contributed by atoms with Gasteiger partial charge in [0.2, 0.25) is 0 Å². The van der Waals surface area contributed by atoms with Crippen molar-refractivity contribution < 1.29 is 4.79 Å². The van der Waals surface area contributed by atoms with Crippen LogP contribution in [-0.2, 0) is 11.2 Å². The molecule has 0 N–H and O–H groups in total. The van der Waals surface area contributed by atoms with E-state index >= 15 is 0 Å². The van der Waals surface area contributed by atoms with Crippen molar-refractivity contribution in [3.63, 3.8) is 0 Å². The summed E-state index contributed by atoms with van der Waals surface area (Å²) in [5.41, 5.74) is 1.39. The number of hydrogen-bond donors (Lipinski definition) is 0. The second kappa shape index (κ2) is 5.63. The molecule has 1 saturated carbocycles. The van der Waals surface area contributed by atoms with Gasteiger partial charge in [-0.1, -0.05) is 26.7 Å². The molecule has 20 heavy (non-hydrogen) atoms. The van der Waals surface area contributed by atoms with Crippen molar-refractivity contribution >= 4 is 17.1 Å². The van der Waals surface area contributed by atoms with Crippen LogP contribution in [0.1, 0.15) is 75.2 Å². The standard InChI is InChI=1S/C18H26OS/c1-13(2)12-18(9-3-4-10-18)17(19)15-6-5-7-16-14(15)8-11-20-16/h8,11,13,15H,3-7,9-10,12H2,1-2H3. The van der Waals surface area contributed by atoms with Gasteiger partial charge in [-0.3, -0.25) is 4.79 Å². The van der Waals surface area contributed by atoms with Crippen LogP contribution in [0.3, 0.4) is 0 Å². The van der Waals surface area contributed by atoms with Gasteiger partial charge in [-0.15, -0.1) is 11.3 Å². The highest BCUT2D eigenvalue weighted by Crippen LogP contribution is 2.49. The number of carbonyl (C=O) groups is 1. The Kier molecular flexibility index (Phi) is 4.03. The minimum absolute atomic E-state index is 0.00931. The molecule has 1 aromatic heterocycles. The summed E-state index contributed by atoms with van der Waals surface area (Å²) in [5.74, 6) is 1.42.